The van der Waals surface area contributed by atoms with E-state index in [0.717, 1.165) is 11.5 Å². The fourth-order valence-corrected chi connectivity index (χ4v) is 0.724. The average Bonchev–Trinajstić information content (AvgIpc) is 1.85. The van der Waals surface area contributed by atoms with Gasteiger partial charge in [0.25, 0.3) is 0 Å². The van der Waals surface area contributed by atoms with E-state index in [1.165, 1.54) is 0 Å². The molecule has 10 heavy (non-hydrogen) atoms. The highest BCUT2D eigenvalue weighted by Crippen LogP contribution is 2.11. The van der Waals surface area contributed by atoms with Crippen molar-refractivity contribution in [2.45, 2.75) is 20.6 Å². The zero-order valence-corrected chi connectivity index (χ0v) is 7.82. The van der Waals surface area contributed by atoms with Gasteiger partial charge in [-0.3, -0.25) is 0 Å². The first-order valence-corrected chi connectivity index (χ1v) is 4.17. The van der Waals surface area contributed by atoms with Gasteiger partial charge in [0.2, 0.25) is 0 Å². The molecular weight excluding hydrogens is 143 g/mol. The highest BCUT2D eigenvalue weighted by Gasteiger charge is 2.08. The summed E-state index contributed by atoms with van der Waals surface area (Å²) < 4.78 is 5.36. The summed E-state index contributed by atoms with van der Waals surface area (Å²) in [7, 11) is 0. The van der Waals surface area contributed by atoms with Crippen molar-refractivity contribution in [3.05, 3.63) is 12.3 Å². The van der Waals surface area contributed by atoms with Crippen LogP contribution < -0.4 is 0 Å². The second-order valence-electron chi connectivity index (χ2n) is 2.72. The average molecular weight is 158 g/mol. The van der Waals surface area contributed by atoms with Gasteiger partial charge < -0.3 is 4.65 Å². The topological polar surface area (TPSA) is 9.23 Å². The Labute approximate surface area is 69.4 Å². The van der Waals surface area contributed by atoms with Gasteiger partial charge in [-0.1, -0.05) is 13.5 Å². The van der Waals surface area contributed by atoms with Crippen LogP contribution in [-0.2, 0) is 4.65 Å². The van der Waals surface area contributed by atoms with E-state index in [1.807, 2.05) is 13.6 Å². The number of rotatable bonds is 4. The van der Waals surface area contributed by atoms with Crippen molar-refractivity contribution in [1.29, 1.82) is 0 Å². The Kier molecular flexibility index (Phi) is 4.70. The zero-order chi connectivity index (χ0) is 8.15. The van der Waals surface area contributed by atoms with Crippen LogP contribution in [0.25, 0.3) is 0 Å². The molecule has 0 bridgehead atoms. The quantitative estimate of drug-likeness (QED) is 0.375. The normalized spacial score (nSPS) is 12.4. The van der Waals surface area contributed by atoms with E-state index < -0.39 is 0 Å². The summed E-state index contributed by atoms with van der Waals surface area (Å²) in [5.41, 5.74) is 0. The van der Waals surface area contributed by atoms with E-state index in [0.29, 0.717) is 5.92 Å². The van der Waals surface area contributed by atoms with Gasteiger partial charge in [0.05, 0.1) is 5.76 Å². The number of thiol groups is 1. The Morgan fingerprint density at radius 3 is 2.50 bits per heavy atom. The van der Waals surface area contributed by atoms with Gasteiger partial charge in [-0.25, -0.2) is 0 Å². The van der Waals surface area contributed by atoms with Crippen LogP contribution >= 0.6 is 12.6 Å². The predicted molar refractivity (Wildman–Crippen MR) is 50.7 cm³/mol. The van der Waals surface area contributed by atoms with Crippen molar-refractivity contribution < 1.29 is 4.65 Å². The van der Waals surface area contributed by atoms with Crippen LogP contribution in [0.5, 0.6) is 0 Å². The maximum atomic E-state index is 5.36. The summed E-state index contributed by atoms with van der Waals surface area (Å²) in [5.74, 6) is 1.99. The maximum absolute atomic E-state index is 5.36. The summed E-state index contributed by atoms with van der Waals surface area (Å²) in [6, 6.07) is 0. The lowest BCUT2D eigenvalue weighted by Gasteiger charge is -2.15. The minimum atomic E-state index is 0.231. The first-order valence-electron chi connectivity index (χ1n) is 3.54. The van der Waals surface area contributed by atoms with Gasteiger partial charge in [-0.15, -0.1) is 0 Å². The van der Waals surface area contributed by atoms with E-state index in [2.05, 4.69) is 26.1 Å². The SMILES string of the molecule is C=C(OB(C)C)C(C)CS. The smallest absolute Gasteiger partial charge is 0.351 e. The van der Waals surface area contributed by atoms with Gasteiger partial charge in [0.1, 0.15) is 0 Å². The highest BCUT2D eigenvalue weighted by molar-refractivity contribution is 7.80. The lowest BCUT2D eigenvalue weighted by atomic mass is 9.75. The summed E-state index contributed by atoms with van der Waals surface area (Å²) >= 11 is 4.14. The van der Waals surface area contributed by atoms with Crippen LogP contribution in [0.15, 0.2) is 12.3 Å². The molecule has 0 amide bonds. The second kappa shape index (κ2) is 4.72. The van der Waals surface area contributed by atoms with E-state index in [9.17, 15) is 0 Å². The Hall–Kier alpha value is -0.0451. The van der Waals surface area contributed by atoms with Crippen LogP contribution in [0.1, 0.15) is 6.92 Å². The van der Waals surface area contributed by atoms with E-state index in [-0.39, 0.29) is 6.92 Å². The third-order valence-electron chi connectivity index (χ3n) is 1.21. The molecule has 0 radical (unpaired) electrons. The number of allylic oxidation sites excluding steroid dienone is 1. The van der Waals surface area contributed by atoms with Crippen LogP contribution in [0.4, 0.5) is 0 Å². The standard InChI is InChI=1S/C7H15BOS/c1-6(5-10)7(2)9-8(3)4/h6,10H,2,5H2,1,3-4H3. The van der Waals surface area contributed by atoms with Crippen LogP contribution in [-0.4, -0.2) is 12.7 Å². The predicted octanol–water partition coefficient (Wildman–Crippen LogP) is 2.33. The second-order valence-corrected chi connectivity index (χ2v) is 3.08. The van der Waals surface area contributed by atoms with Gasteiger partial charge in [-0.2, -0.15) is 12.6 Å². The molecule has 0 aromatic carbocycles. The molecule has 0 fully saturated rings. The van der Waals surface area contributed by atoms with Gasteiger partial charge in [-0.05, 0) is 19.4 Å². The number of hydrogen-bond donors (Lipinski definition) is 1. The minimum Gasteiger partial charge on any atom is -0.564 e. The summed E-state index contributed by atoms with van der Waals surface area (Å²) in [5, 5.41) is 0. The summed E-state index contributed by atoms with van der Waals surface area (Å²) in [6.45, 7) is 10.1. The molecule has 0 heterocycles. The minimum absolute atomic E-state index is 0.231. The van der Waals surface area contributed by atoms with Crippen molar-refractivity contribution in [2.75, 3.05) is 5.75 Å². The molecule has 1 atom stereocenters. The Bertz CT molecular complexity index is 114. The third-order valence-corrected chi connectivity index (χ3v) is 1.76. The van der Waals surface area contributed by atoms with Crippen molar-refractivity contribution in [3.8, 4) is 0 Å². The molecule has 0 aliphatic carbocycles. The molecule has 1 unspecified atom stereocenters. The molecule has 0 aliphatic heterocycles. The molecule has 0 N–H and O–H groups in total. The van der Waals surface area contributed by atoms with E-state index in [1.54, 1.807) is 0 Å². The summed E-state index contributed by atoms with van der Waals surface area (Å²) in [4.78, 5) is 0. The van der Waals surface area contributed by atoms with Gasteiger partial charge >= 0.3 is 6.92 Å². The van der Waals surface area contributed by atoms with Crippen molar-refractivity contribution in [3.63, 3.8) is 0 Å². The molecule has 58 valence electrons. The van der Waals surface area contributed by atoms with Crippen molar-refractivity contribution in [2.24, 2.45) is 5.92 Å². The van der Waals surface area contributed by atoms with Gasteiger partial charge in [0.15, 0.2) is 0 Å². The Morgan fingerprint density at radius 1 is 1.70 bits per heavy atom. The molecule has 0 aliphatic rings. The van der Waals surface area contributed by atoms with Crippen molar-refractivity contribution >= 4 is 19.5 Å². The molecule has 0 saturated carbocycles. The monoisotopic (exact) mass is 158 g/mol. The van der Waals surface area contributed by atoms with Crippen molar-refractivity contribution in [1.82, 2.24) is 0 Å². The first kappa shape index (κ1) is 9.95. The lowest BCUT2D eigenvalue weighted by molar-refractivity contribution is 0.384. The Morgan fingerprint density at radius 2 is 2.20 bits per heavy atom. The molecule has 0 aromatic heterocycles. The first-order chi connectivity index (χ1) is 4.57. The molecule has 0 rings (SSSR count). The fourth-order valence-electron chi connectivity index (χ4n) is 0.521. The number of hydrogen-bond acceptors (Lipinski definition) is 2. The largest absolute Gasteiger partial charge is 0.564 e. The lowest BCUT2D eigenvalue weighted by Crippen LogP contribution is -2.12. The fraction of sp³-hybridized carbons (Fsp3) is 0.714. The summed E-state index contributed by atoms with van der Waals surface area (Å²) in [6.07, 6.45) is 0. The molecule has 3 heteroatoms. The van der Waals surface area contributed by atoms with Gasteiger partial charge in [0, 0.05) is 5.92 Å². The Balaban J connectivity index is 3.62. The maximum Gasteiger partial charge on any atom is 0.351 e. The molecular formula is C7H15BOS. The third kappa shape index (κ3) is 3.88. The van der Waals surface area contributed by atoms with E-state index in [4.69, 9.17) is 4.65 Å². The molecule has 1 nitrogen and oxygen atoms in total. The molecule has 0 saturated heterocycles. The van der Waals surface area contributed by atoms with E-state index >= 15 is 0 Å². The van der Waals surface area contributed by atoms with Crippen LogP contribution in [0.3, 0.4) is 0 Å². The molecule has 0 spiro atoms. The highest BCUT2D eigenvalue weighted by atomic mass is 32.1. The zero-order valence-electron chi connectivity index (χ0n) is 6.92. The van der Waals surface area contributed by atoms with Crippen LogP contribution in [0.2, 0.25) is 13.6 Å². The molecule has 0 aromatic rings. The van der Waals surface area contributed by atoms with Crippen LogP contribution in [0, 0.1) is 5.92 Å².